The van der Waals surface area contributed by atoms with Gasteiger partial charge in [-0.2, -0.15) is 0 Å². The number of likely N-dealkylation sites (tertiary alicyclic amines) is 1. The minimum Gasteiger partial charge on any atom is -0.381 e. The highest BCUT2D eigenvalue weighted by molar-refractivity contribution is 7.10. The lowest BCUT2D eigenvalue weighted by Crippen LogP contribution is -2.52. The van der Waals surface area contributed by atoms with Crippen LogP contribution in [-0.2, 0) is 4.74 Å². The Labute approximate surface area is 174 Å². The molecule has 0 aromatic carbocycles. The smallest absolute Gasteiger partial charge is 0.191 e. The molecule has 2 aliphatic heterocycles. The summed E-state index contributed by atoms with van der Waals surface area (Å²) in [5, 5.41) is 9.26. The Morgan fingerprint density at radius 2 is 2.04 bits per heavy atom. The van der Waals surface area contributed by atoms with Crippen LogP contribution < -0.4 is 10.6 Å². The summed E-state index contributed by atoms with van der Waals surface area (Å²) in [5.41, 5.74) is 0.0999. The van der Waals surface area contributed by atoms with Gasteiger partial charge < -0.3 is 20.3 Å². The number of hydrogen-bond acceptors (Lipinski definition) is 5. The first-order valence-electron chi connectivity index (χ1n) is 10.7. The number of thiophene rings is 1. The Kier molecular flexibility index (Phi) is 8.14. The topological polar surface area (TPSA) is 52.1 Å². The molecular formula is C21H37N5OS. The summed E-state index contributed by atoms with van der Waals surface area (Å²) in [7, 11) is 4.34. The first kappa shape index (κ1) is 21.6. The molecule has 7 heteroatoms. The van der Waals surface area contributed by atoms with Crippen molar-refractivity contribution in [2.75, 3.05) is 60.0 Å². The quantitative estimate of drug-likeness (QED) is 0.512. The fourth-order valence-corrected chi connectivity index (χ4v) is 5.06. The maximum absolute atomic E-state index is 5.60. The average molecular weight is 408 g/mol. The zero-order valence-corrected chi connectivity index (χ0v) is 18.6. The molecule has 2 aliphatic rings. The van der Waals surface area contributed by atoms with Gasteiger partial charge in [-0.25, -0.2) is 0 Å². The molecule has 1 atom stereocenters. The zero-order valence-electron chi connectivity index (χ0n) is 17.7. The van der Waals surface area contributed by atoms with E-state index in [9.17, 15) is 0 Å². The second-order valence-corrected chi connectivity index (χ2v) is 9.06. The van der Waals surface area contributed by atoms with Crippen LogP contribution in [0.25, 0.3) is 0 Å². The third-order valence-electron chi connectivity index (χ3n) is 6.16. The van der Waals surface area contributed by atoms with E-state index in [2.05, 4.69) is 59.0 Å². The van der Waals surface area contributed by atoms with Gasteiger partial charge in [-0.15, -0.1) is 11.3 Å². The zero-order chi connectivity index (χ0) is 19.8. The molecule has 1 aromatic heterocycles. The number of nitrogens with zero attached hydrogens (tertiary/aromatic N) is 3. The number of aliphatic imine (C=N–C) groups is 1. The Hall–Kier alpha value is -1.15. The summed E-state index contributed by atoms with van der Waals surface area (Å²) >= 11 is 1.86. The van der Waals surface area contributed by atoms with Gasteiger partial charge in [0.2, 0.25) is 0 Å². The molecular weight excluding hydrogens is 370 g/mol. The molecule has 0 bridgehead atoms. The van der Waals surface area contributed by atoms with E-state index in [-0.39, 0.29) is 5.54 Å². The number of ether oxygens (including phenoxy) is 1. The average Bonchev–Trinajstić information content (AvgIpc) is 3.41. The Morgan fingerprint density at radius 1 is 1.29 bits per heavy atom. The van der Waals surface area contributed by atoms with Crippen molar-refractivity contribution in [3.63, 3.8) is 0 Å². The van der Waals surface area contributed by atoms with Gasteiger partial charge in [0, 0.05) is 36.7 Å². The van der Waals surface area contributed by atoms with Crippen LogP contribution in [0, 0.1) is 0 Å². The third kappa shape index (κ3) is 5.47. The van der Waals surface area contributed by atoms with Crippen LogP contribution in [0.1, 0.15) is 43.5 Å². The van der Waals surface area contributed by atoms with E-state index >= 15 is 0 Å². The molecule has 158 valence electrons. The lowest BCUT2D eigenvalue weighted by Gasteiger charge is -2.41. The molecule has 2 fully saturated rings. The van der Waals surface area contributed by atoms with Crippen molar-refractivity contribution < 1.29 is 4.74 Å². The van der Waals surface area contributed by atoms with E-state index in [0.29, 0.717) is 6.04 Å². The fraction of sp³-hybridized carbons (Fsp3) is 0.762. The van der Waals surface area contributed by atoms with Crippen molar-refractivity contribution in [2.24, 2.45) is 4.99 Å². The number of rotatable bonds is 8. The molecule has 28 heavy (non-hydrogen) atoms. The van der Waals surface area contributed by atoms with Crippen LogP contribution in [0.2, 0.25) is 0 Å². The van der Waals surface area contributed by atoms with Gasteiger partial charge in [0.05, 0.1) is 12.6 Å². The van der Waals surface area contributed by atoms with Crippen molar-refractivity contribution in [2.45, 2.75) is 44.2 Å². The van der Waals surface area contributed by atoms with E-state index < -0.39 is 0 Å². The predicted molar refractivity (Wildman–Crippen MR) is 118 cm³/mol. The molecule has 0 amide bonds. The van der Waals surface area contributed by atoms with Gasteiger partial charge in [-0.05, 0) is 71.2 Å². The molecule has 2 N–H and O–H groups in total. The second-order valence-electron chi connectivity index (χ2n) is 8.08. The number of likely N-dealkylation sites (N-methyl/N-ethyl adjacent to an activating group) is 1. The normalized spacial score (nSPS) is 21.8. The third-order valence-corrected chi connectivity index (χ3v) is 7.14. The van der Waals surface area contributed by atoms with Crippen LogP contribution in [0.4, 0.5) is 0 Å². The summed E-state index contributed by atoms with van der Waals surface area (Å²) in [6.07, 6.45) is 4.69. The van der Waals surface area contributed by atoms with Crippen LogP contribution in [0.15, 0.2) is 22.5 Å². The van der Waals surface area contributed by atoms with Crippen LogP contribution in [0.5, 0.6) is 0 Å². The van der Waals surface area contributed by atoms with E-state index in [4.69, 9.17) is 9.73 Å². The molecule has 0 radical (unpaired) electrons. The van der Waals surface area contributed by atoms with Crippen molar-refractivity contribution in [3.05, 3.63) is 22.4 Å². The molecule has 3 rings (SSSR count). The monoisotopic (exact) mass is 407 g/mol. The maximum atomic E-state index is 5.60. The fourth-order valence-electron chi connectivity index (χ4n) is 4.20. The van der Waals surface area contributed by atoms with E-state index in [0.717, 1.165) is 51.6 Å². The molecule has 1 aromatic rings. The Bertz CT molecular complexity index is 592. The Balaban J connectivity index is 1.66. The summed E-state index contributed by atoms with van der Waals surface area (Å²) in [5.74, 6) is 0.927. The van der Waals surface area contributed by atoms with Crippen LogP contribution in [-0.4, -0.2) is 81.3 Å². The molecule has 1 unspecified atom stereocenters. The SMILES string of the molecule is CCNC(=NCC1(N(C)C)CCOCC1)NCC(c1cccs1)N1CCCC1. The maximum Gasteiger partial charge on any atom is 0.191 e. The van der Waals surface area contributed by atoms with Gasteiger partial charge in [-0.1, -0.05) is 6.07 Å². The highest BCUT2D eigenvalue weighted by Crippen LogP contribution is 2.28. The van der Waals surface area contributed by atoms with E-state index in [1.54, 1.807) is 0 Å². The van der Waals surface area contributed by atoms with Crippen molar-refractivity contribution in [1.29, 1.82) is 0 Å². The van der Waals surface area contributed by atoms with Gasteiger partial charge in [0.25, 0.3) is 0 Å². The lowest BCUT2D eigenvalue weighted by atomic mass is 9.89. The summed E-state index contributed by atoms with van der Waals surface area (Å²) in [6.45, 7) is 8.74. The van der Waals surface area contributed by atoms with Gasteiger partial charge >= 0.3 is 0 Å². The van der Waals surface area contributed by atoms with Gasteiger partial charge in [0.15, 0.2) is 5.96 Å². The second kappa shape index (κ2) is 10.6. The largest absolute Gasteiger partial charge is 0.381 e. The molecule has 0 spiro atoms. The van der Waals surface area contributed by atoms with Gasteiger partial charge in [0.1, 0.15) is 0 Å². The summed E-state index contributed by atoms with van der Waals surface area (Å²) < 4.78 is 5.60. The highest BCUT2D eigenvalue weighted by atomic mass is 32.1. The number of guanidine groups is 1. The van der Waals surface area contributed by atoms with Crippen molar-refractivity contribution in [3.8, 4) is 0 Å². The Morgan fingerprint density at radius 3 is 2.64 bits per heavy atom. The molecule has 6 nitrogen and oxygen atoms in total. The number of hydrogen-bond donors (Lipinski definition) is 2. The minimum atomic E-state index is 0.0999. The number of nitrogens with one attached hydrogen (secondary N) is 2. The van der Waals surface area contributed by atoms with Gasteiger partial charge in [-0.3, -0.25) is 9.89 Å². The van der Waals surface area contributed by atoms with Crippen molar-refractivity contribution in [1.82, 2.24) is 20.4 Å². The molecule has 2 saturated heterocycles. The molecule has 3 heterocycles. The van der Waals surface area contributed by atoms with Crippen LogP contribution >= 0.6 is 11.3 Å². The first-order chi connectivity index (χ1) is 13.6. The first-order valence-corrected chi connectivity index (χ1v) is 11.6. The summed E-state index contributed by atoms with van der Waals surface area (Å²) in [4.78, 5) is 11.4. The van der Waals surface area contributed by atoms with E-state index in [1.807, 2.05) is 11.3 Å². The van der Waals surface area contributed by atoms with Crippen molar-refractivity contribution >= 4 is 17.3 Å². The predicted octanol–water partition coefficient (Wildman–Crippen LogP) is 2.55. The standard InChI is InChI=1S/C21H37N5OS/c1-4-22-20(24-17-21(25(2)3)9-13-27-14-10-21)23-16-18(19-8-7-15-28-19)26-11-5-6-12-26/h7-8,15,18H,4-6,9-14,16-17H2,1-3H3,(H2,22,23,24). The highest BCUT2D eigenvalue weighted by Gasteiger charge is 2.34. The van der Waals surface area contributed by atoms with E-state index in [1.165, 1.54) is 30.8 Å². The lowest BCUT2D eigenvalue weighted by molar-refractivity contribution is -0.00255. The van der Waals surface area contributed by atoms with Crippen LogP contribution in [0.3, 0.4) is 0 Å². The molecule has 0 saturated carbocycles. The minimum absolute atomic E-state index is 0.0999. The summed E-state index contributed by atoms with van der Waals surface area (Å²) in [6, 6.07) is 4.86. The molecule has 0 aliphatic carbocycles.